The maximum absolute atomic E-state index is 10.9. The van der Waals surface area contributed by atoms with E-state index in [2.05, 4.69) is 25.8 Å². The van der Waals surface area contributed by atoms with Gasteiger partial charge in [0.25, 0.3) is 0 Å². The van der Waals surface area contributed by atoms with E-state index in [1.807, 2.05) is 0 Å². The average molecular weight is 264 g/mol. The average Bonchev–Trinajstić information content (AvgIpc) is 2.44. The lowest BCUT2D eigenvalue weighted by Crippen LogP contribution is -2.27. The first-order chi connectivity index (χ1) is 6.54. The zero-order valence-corrected chi connectivity index (χ0v) is 9.06. The summed E-state index contributed by atoms with van der Waals surface area (Å²) < 4.78 is 6.33. The molecule has 0 aromatic carbocycles. The molecule has 3 N–H and O–H groups in total. The maximum atomic E-state index is 10.9. The van der Waals surface area contributed by atoms with E-state index in [1.54, 1.807) is 6.20 Å². The van der Waals surface area contributed by atoms with Crippen molar-refractivity contribution >= 4 is 27.7 Å². The van der Waals surface area contributed by atoms with Gasteiger partial charge in [0, 0.05) is 6.20 Å². The number of nitrogen functional groups attached to an aromatic ring is 1. The molecule has 0 radical (unpaired) electrons. The van der Waals surface area contributed by atoms with Gasteiger partial charge in [-0.25, -0.2) is 4.79 Å². The van der Waals surface area contributed by atoms with Crippen LogP contribution in [0.25, 0.3) is 0 Å². The molecule has 0 bridgehead atoms. The summed E-state index contributed by atoms with van der Waals surface area (Å²) in [6, 6.07) is 0. The van der Waals surface area contributed by atoms with Gasteiger partial charge in [0.1, 0.15) is 0 Å². The molecule has 6 nitrogen and oxygen atoms in total. The molecule has 14 heavy (non-hydrogen) atoms. The molecule has 7 heteroatoms. The van der Waals surface area contributed by atoms with E-state index in [4.69, 9.17) is 5.73 Å². The summed E-state index contributed by atoms with van der Waals surface area (Å²) in [6.45, 7) is 0.0163. The Labute approximate surface area is 88.8 Å². The van der Waals surface area contributed by atoms with E-state index >= 15 is 0 Å². The van der Waals surface area contributed by atoms with E-state index in [1.165, 1.54) is 11.8 Å². The number of rotatable bonds is 3. The number of halogens is 1. The molecule has 0 saturated heterocycles. The fourth-order valence-electron chi connectivity index (χ4n) is 0.893. The molecular weight excluding hydrogens is 254 g/mol. The van der Waals surface area contributed by atoms with Crippen molar-refractivity contribution in [3.05, 3.63) is 10.7 Å². The summed E-state index contributed by atoms with van der Waals surface area (Å²) in [7, 11) is 1.21. The summed E-state index contributed by atoms with van der Waals surface area (Å²) in [5.41, 5.74) is 5.45. The molecular formula is C7H10BrN3O3. The minimum absolute atomic E-state index is 0.0163. The number of nitrogens with two attached hydrogens (primary N) is 1. The van der Waals surface area contributed by atoms with Crippen molar-refractivity contribution in [3.63, 3.8) is 0 Å². The molecule has 1 rings (SSSR count). The second-order valence-corrected chi connectivity index (χ2v) is 3.48. The van der Waals surface area contributed by atoms with E-state index in [-0.39, 0.29) is 6.54 Å². The number of aliphatic hydroxyl groups excluding tert-OH is 1. The second kappa shape index (κ2) is 4.43. The van der Waals surface area contributed by atoms with Gasteiger partial charge in [-0.1, -0.05) is 0 Å². The molecule has 0 aliphatic heterocycles. The minimum Gasteiger partial charge on any atom is -0.467 e. The Balaban J connectivity index is 2.64. The fourth-order valence-corrected chi connectivity index (χ4v) is 1.21. The van der Waals surface area contributed by atoms with Crippen LogP contribution in [0.3, 0.4) is 0 Å². The van der Waals surface area contributed by atoms with E-state index in [0.717, 1.165) is 0 Å². The number of anilines is 1. The van der Waals surface area contributed by atoms with Crippen molar-refractivity contribution in [3.8, 4) is 0 Å². The lowest BCUT2D eigenvalue weighted by molar-refractivity contribution is -0.151. The van der Waals surface area contributed by atoms with Crippen molar-refractivity contribution in [1.82, 2.24) is 9.78 Å². The minimum atomic E-state index is -1.23. The Morgan fingerprint density at radius 3 is 3.00 bits per heavy atom. The summed E-state index contributed by atoms with van der Waals surface area (Å²) in [5.74, 6) is -0.391. The Bertz CT molecular complexity index is 319. The van der Waals surface area contributed by atoms with Crippen LogP contribution < -0.4 is 5.73 Å². The number of carbonyl (C=O) groups excluding carboxylic acids is 1. The third-order valence-electron chi connectivity index (χ3n) is 1.58. The van der Waals surface area contributed by atoms with Gasteiger partial charge in [0.2, 0.25) is 0 Å². The molecule has 1 heterocycles. The first kappa shape index (κ1) is 11.0. The molecule has 1 aromatic rings. The van der Waals surface area contributed by atoms with Gasteiger partial charge >= 0.3 is 5.97 Å². The third-order valence-corrected chi connectivity index (χ3v) is 2.19. The first-order valence-electron chi connectivity index (χ1n) is 3.79. The van der Waals surface area contributed by atoms with Crippen LogP contribution in [0.5, 0.6) is 0 Å². The zero-order valence-electron chi connectivity index (χ0n) is 7.48. The zero-order chi connectivity index (χ0) is 10.7. The predicted octanol–water partition coefficient (Wildman–Crippen LogP) is -0.238. The second-order valence-electron chi connectivity index (χ2n) is 2.62. The van der Waals surface area contributed by atoms with Crippen molar-refractivity contribution < 1.29 is 14.6 Å². The number of hydrogen-bond acceptors (Lipinski definition) is 5. The maximum Gasteiger partial charge on any atom is 0.336 e. The number of ether oxygens (including phenoxy) is 1. The Morgan fingerprint density at radius 2 is 2.57 bits per heavy atom. The van der Waals surface area contributed by atoms with Gasteiger partial charge in [0.05, 0.1) is 18.1 Å². The van der Waals surface area contributed by atoms with Crippen molar-refractivity contribution in [2.24, 2.45) is 0 Å². The molecule has 0 spiro atoms. The summed E-state index contributed by atoms with van der Waals surface area (Å²) in [6.07, 6.45) is 0.341. The number of hydrogen-bond donors (Lipinski definition) is 2. The standard InChI is InChI=1S/C7H10BrN3O3/c1-14-7(13)5(12)3-11-2-4(8)6(9)10-11/h2,5,12H,3H2,1H3,(H2,9,10). The van der Waals surface area contributed by atoms with Gasteiger partial charge in [0.15, 0.2) is 11.9 Å². The molecule has 1 atom stereocenters. The van der Waals surface area contributed by atoms with Gasteiger partial charge < -0.3 is 15.6 Å². The smallest absolute Gasteiger partial charge is 0.336 e. The van der Waals surface area contributed by atoms with Gasteiger partial charge in [-0.3, -0.25) is 4.68 Å². The van der Waals surface area contributed by atoms with Crippen LogP contribution in [-0.4, -0.2) is 34.1 Å². The highest BCUT2D eigenvalue weighted by atomic mass is 79.9. The van der Waals surface area contributed by atoms with Crippen LogP contribution in [0.15, 0.2) is 10.7 Å². The quantitative estimate of drug-likeness (QED) is 0.735. The van der Waals surface area contributed by atoms with Crippen LogP contribution >= 0.6 is 15.9 Å². The molecule has 1 unspecified atom stereocenters. The molecule has 0 fully saturated rings. The van der Waals surface area contributed by atoms with Crippen LogP contribution in [0, 0.1) is 0 Å². The highest BCUT2D eigenvalue weighted by Crippen LogP contribution is 2.16. The highest BCUT2D eigenvalue weighted by molar-refractivity contribution is 9.10. The summed E-state index contributed by atoms with van der Waals surface area (Å²) in [5, 5.41) is 13.1. The number of methoxy groups -OCH3 is 1. The Kier molecular flexibility index (Phi) is 3.48. The topological polar surface area (TPSA) is 90.4 Å². The molecule has 0 aliphatic carbocycles. The summed E-state index contributed by atoms with van der Waals surface area (Å²) in [4.78, 5) is 10.9. The predicted molar refractivity (Wildman–Crippen MR) is 52.4 cm³/mol. The largest absolute Gasteiger partial charge is 0.467 e. The third kappa shape index (κ3) is 2.46. The van der Waals surface area contributed by atoms with E-state index in [0.29, 0.717) is 10.3 Å². The van der Waals surface area contributed by atoms with Crippen LogP contribution in [0.2, 0.25) is 0 Å². The SMILES string of the molecule is COC(=O)C(O)Cn1cc(Br)c(N)n1. The number of aliphatic hydroxyl groups is 1. The van der Waals surface area contributed by atoms with Crippen LogP contribution in [-0.2, 0) is 16.1 Å². The molecule has 0 aliphatic rings. The van der Waals surface area contributed by atoms with Crippen molar-refractivity contribution in [1.29, 1.82) is 0 Å². The Hall–Kier alpha value is -1.08. The number of esters is 1. The van der Waals surface area contributed by atoms with E-state index in [9.17, 15) is 9.90 Å². The molecule has 0 saturated carbocycles. The van der Waals surface area contributed by atoms with Crippen LogP contribution in [0.4, 0.5) is 5.82 Å². The first-order valence-corrected chi connectivity index (χ1v) is 4.58. The van der Waals surface area contributed by atoms with Crippen molar-refractivity contribution in [2.75, 3.05) is 12.8 Å². The van der Waals surface area contributed by atoms with Gasteiger partial charge in [-0.05, 0) is 15.9 Å². The monoisotopic (exact) mass is 263 g/mol. The lowest BCUT2D eigenvalue weighted by Gasteiger charge is -2.07. The van der Waals surface area contributed by atoms with Crippen LogP contribution in [0.1, 0.15) is 0 Å². The van der Waals surface area contributed by atoms with Crippen molar-refractivity contribution in [2.45, 2.75) is 12.6 Å². The highest BCUT2D eigenvalue weighted by Gasteiger charge is 2.16. The van der Waals surface area contributed by atoms with Gasteiger partial charge in [-0.15, -0.1) is 0 Å². The van der Waals surface area contributed by atoms with Gasteiger partial charge in [-0.2, -0.15) is 5.10 Å². The lowest BCUT2D eigenvalue weighted by atomic mass is 10.4. The number of carbonyl (C=O) groups is 1. The molecule has 1 aromatic heterocycles. The number of aromatic nitrogens is 2. The van der Waals surface area contributed by atoms with E-state index < -0.39 is 12.1 Å². The normalized spacial score (nSPS) is 12.5. The fraction of sp³-hybridized carbons (Fsp3) is 0.429. The Morgan fingerprint density at radius 1 is 1.93 bits per heavy atom. The summed E-state index contributed by atoms with van der Waals surface area (Å²) >= 11 is 3.15. The molecule has 0 amide bonds. The number of nitrogens with zero attached hydrogens (tertiary/aromatic N) is 2. The molecule has 78 valence electrons.